The first-order valence-electron chi connectivity index (χ1n) is 12.0. The molecule has 0 bridgehead atoms. The van der Waals surface area contributed by atoms with E-state index in [4.69, 9.17) is 4.98 Å². The molecule has 0 spiro atoms. The molecule has 0 N–H and O–H groups in total. The van der Waals surface area contributed by atoms with Gasteiger partial charge >= 0.3 is 0 Å². The Morgan fingerprint density at radius 2 is 1.31 bits per heavy atom. The summed E-state index contributed by atoms with van der Waals surface area (Å²) in [6.07, 6.45) is 9.53. The van der Waals surface area contributed by atoms with Crippen LogP contribution in [-0.2, 0) is 12.8 Å². The van der Waals surface area contributed by atoms with Crippen molar-refractivity contribution in [2.24, 2.45) is 0 Å². The summed E-state index contributed by atoms with van der Waals surface area (Å²) in [5, 5.41) is 3.60. The minimum absolute atomic E-state index is 0.955. The molecule has 0 fully saturated rings. The molecule has 2 aliphatic rings. The lowest BCUT2D eigenvalue weighted by Crippen LogP contribution is -1.93. The van der Waals surface area contributed by atoms with Gasteiger partial charge < -0.3 is 0 Å². The van der Waals surface area contributed by atoms with Crippen molar-refractivity contribution < 1.29 is 0 Å². The predicted octanol–water partition coefficient (Wildman–Crippen LogP) is 6.73. The van der Waals surface area contributed by atoms with Gasteiger partial charge in [0.1, 0.15) is 5.65 Å². The number of imidazole rings is 1. The Hall–Kier alpha value is -4.57. The molecule has 7 aromatic rings. The summed E-state index contributed by atoms with van der Waals surface area (Å²) in [5.41, 5.74) is 15.2. The Morgan fingerprint density at radius 1 is 0.571 bits per heavy atom. The van der Waals surface area contributed by atoms with Crippen molar-refractivity contribution in [1.29, 1.82) is 0 Å². The number of hydrogen-bond acceptors (Lipinski definition) is 3. The summed E-state index contributed by atoms with van der Waals surface area (Å²) in [6.45, 7) is 0. The first kappa shape index (κ1) is 17.8. The van der Waals surface area contributed by atoms with Crippen molar-refractivity contribution >= 4 is 38.4 Å². The van der Waals surface area contributed by atoms with Gasteiger partial charge in [0.2, 0.25) is 0 Å². The quantitative estimate of drug-likeness (QED) is 0.243. The molecule has 0 radical (unpaired) electrons. The number of hydrogen-bond donors (Lipinski definition) is 0. The second-order valence-corrected chi connectivity index (χ2v) is 9.76. The zero-order valence-corrected chi connectivity index (χ0v) is 18.8. The van der Waals surface area contributed by atoms with E-state index in [0.29, 0.717) is 0 Å². The highest BCUT2D eigenvalue weighted by molar-refractivity contribution is 6.15. The maximum absolute atomic E-state index is 5.04. The number of rotatable bonds is 0. The highest BCUT2D eigenvalue weighted by Gasteiger charge is 2.26. The number of benzene rings is 3. The van der Waals surface area contributed by atoms with Crippen LogP contribution < -0.4 is 0 Å². The van der Waals surface area contributed by atoms with Gasteiger partial charge in [-0.15, -0.1) is 0 Å². The van der Waals surface area contributed by atoms with Gasteiger partial charge in [-0.05, 0) is 93.1 Å². The summed E-state index contributed by atoms with van der Waals surface area (Å²) in [6, 6.07) is 22.6. The van der Waals surface area contributed by atoms with Crippen LogP contribution in [0.3, 0.4) is 0 Å². The molecule has 4 heteroatoms. The first-order chi connectivity index (χ1) is 17.3. The summed E-state index contributed by atoms with van der Waals surface area (Å²) < 4.78 is 2.22. The molecular formula is C31H18N4. The molecule has 3 aromatic carbocycles. The van der Waals surface area contributed by atoms with Crippen LogP contribution in [-0.4, -0.2) is 19.4 Å². The molecular weight excluding hydrogens is 428 g/mol. The van der Waals surface area contributed by atoms with E-state index in [1.165, 1.54) is 60.7 Å². The van der Waals surface area contributed by atoms with Crippen LogP contribution in [0.25, 0.3) is 60.6 Å². The Bertz CT molecular complexity index is 2070. The standard InChI is InChI=1S/C31H18N4/c1-2-4-21-17(3-1)9-18-10-19-11-20-12-27-26(14-25(20)24(19)13-23(18)21)22-5-7-32-15-29(22)35-30-16-33-8-6-28(30)34-31(27)35/h1-8,10,12-16H,9,11H2. The lowest BCUT2D eigenvalue weighted by atomic mass is 9.96. The largest absolute Gasteiger partial charge is 0.289 e. The molecule has 2 aliphatic carbocycles. The van der Waals surface area contributed by atoms with Gasteiger partial charge in [-0.3, -0.25) is 14.4 Å². The zero-order valence-electron chi connectivity index (χ0n) is 18.8. The van der Waals surface area contributed by atoms with E-state index in [-0.39, 0.29) is 0 Å². The highest BCUT2D eigenvalue weighted by atomic mass is 15.0. The average Bonchev–Trinajstić information content (AvgIpc) is 3.57. The number of fused-ring (bicyclic) bond motifs is 14. The van der Waals surface area contributed by atoms with Crippen molar-refractivity contribution in [2.75, 3.05) is 0 Å². The first-order valence-corrected chi connectivity index (χ1v) is 12.0. The van der Waals surface area contributed by atoms with Crippen LogP contribution in [0.1, 0.15) is 22.3 Å². The third-order valence-electron chi connectivity index (χ3n) is 7.96. The minimum Gasteiger partial charge on any atom is -0.289 e. The number of pyridine rings is 3. The molecule has 162 valence electrons. The third-order valence-corrected chi connectivity index (χ3v) is 7.96. The molecule has 0 atom stereocenters. The summed E-state index contributed by atoms with van der Waals surface area (Å²) >= 11 is 0. The Labute approximate surface area is 200 Å². The van der Waals surface area contributed by atoms with E-state index in [2.05, 4.69) is 69.0 Å². The SMILES string of the molecule is c1ccc2c(c1)Cc1cc3c(cc1-2)-c1cc2c4ccncc4n4c5cnccc5nc4c2cc1C3. The van der Waals surface area contributed by atoms with Crippen molar-refractivity contribution in [3.63, 3.8) is 0 Å². The van der Waals surface area contributed by atoms with Crippen LogP contribution in [0.5, 0.6) is 0 Å². The zero-order chi connectivity index (χ0) is 22.7. The summed E-state index contributed by atoms with van der Waals surface area (Å²) in [4.78, 5) is 13.9. The second kappa shape index (κ2) is 6.10. The van der Waals surface area contributed by atoms with E-state index in [9.17, 15) is 0 Å². The fourth-order valence-corrected chi connectivity index (χ4v) is 6.43. The second-order valence-electron chi connectivity index (χ2n) is 9.76. The van der Waals surface area contributed by atoms with E-state index in [1.807, 2.05) is 30.9 Å². The third kappa shape index (κ3) is 2.20. The topological polar surface area (TPSA) is 43.1 Å². The molecule has 9 rings (SSSR count). The molecule has 0 saturated carbocycles. The van der Waals surface area contributed by atoms with Crippen molar-refractivity contribution in [3.8, 4) is 22.3 Å². The number of aromatic nitrogens is 4. The lowest BCUT2D eigenvalue weighted by Gasteiger charge is -2.11. The van der Waals surface area contributed by atoms with E-state index < -0.39 is 0 Å². The predicted molar refractivity (Wildman–Crippen MR) is 140 cm³/mol. The van der Waals surface area contributed by atoms with Gasteiger partial charge in [0, 0.05) is 23.2 Å². The van der Waals surface area contributed by atoms with E-state index in [0.717, 1.165) is 35.0 Å². The fourth-order valence-electron chi connectivity index (χ4n) is 6.43. The maximum atomic E-state index is 5.04. The van der Waals surface area contributed by atoms with Crippen LogP contribution >= 0.6 is 0 Å². The van der Waals surface area contributed by atoms with Crippen molar-refractivity contribution in [2.45, 2.75) is 12.8 Å². The molecule has 0 unspecified atom stereocenters. The molecule has 0 saturated heterocycles. The van der Waals surface area contributed by atoms with Gasteiger partial charge in [-0.2, -0.15) is 0 Å². The average molecular weight is 447 g/mol. The normalized spacial score (nSPS) is 13.5. The monoisotopic (exact) mass is 446 g/mol. The number of nitrogens with zero attached hydrogens (tertiary/aromatic N) is 4. The van der Waals surface area contributed by atoms with Crippen molar-refractivity contribution in [3.05, 3.63) is 108 Å². The van der Waals surface area contributed by atoms with Gasteiger partial charge in [-0.1, -0.05) is 30.3 Å². The molecule has 0 aliphatic heterocycles. The summed E-state index contributed by atoms with van der Waals surface area (Å²) in [7, 11) is 0. The van der Waals surface area contributed by atoms with Crippen LogP contribution in [0, 0.1) is 0 Å². The van der Waals surface area contributed by atoms with Crippen LogP contribution in [0.15, 0.2) is 85.5 Å². The Kier molecular flexibility index (Phi) is 3.11. The maximum Gasteiger partial charge on any atom is 0.146 e. The van der Waals surface area contributed by atoms with Gasteiger partial charge in [0.15, 0.2) is 0 Å². The van der Waals surface area contributed by atoms with Gasteiger partial charge in [0.25, 0.3) is 0 Å². The van der Waals surface area contributed by atoms with Crippen LogP contribution in [0.2, 0.25) is 0 Å². The lowest BCUT2D eigenvalue weighted by molar-refractivity contribution is 1.21. The highest BCUT2D eigenvalue weighted by Crippen LogP contribution is 2.46. The summed E-state index contributed by atoms with van der Waals surface area (Å²) in [5.74, 6) is 0. The molecule has 4 heterocycles. The smallest absolute Gasteiger partial charge is 0.146 e. The van der Waals surface area contributed by atoms with Crippen molar-refractivity contribution in [1.82, 2.24) is 19.4 Å². The molecule has 4 aromatic heterocycles. The van der Waals surface area contributed by atoms with E-state index >= 15 is 0 Å². The van der Waals surface area contributed by atoms with Gasteiger partial charge in [0.05, 0.1) is 28.9 Å². The van der Waals surface area contributed by atoms with Crippen LogP contribution in [0.4, 0.5) is 0 Å². The molecule has 35 heavy (non-hydrogen) atoms. The van der Waals surface area contributed by atoms with E-state index in [1.54, 1.807) is 0 Å². The fraction of sp³-hybridized carbons (Fsp3) is 0.0645. The molecule has 0 amide bonds. The van der Waals surface area contributed by atoms with Gasteiger partial charge in [-0.25, -0.2) is 4.98 Å². The molecule has 4 nitrogen and oxygen atoms in total. The Morgan fingerprint density at radius 3 is 2.26 bits per heavy atom. The Balaban J connectivity index is 1.39. The minimum atomic E-state index is 0.955.